The minimum Gasteiger partial charge on any atom is -0.394 e. The smallest absolute Gasteiger partial charge is 0.279 e. The van der Waals surface area contributed by atoms with Crippen LogP contribution >= 0.6 is 0 Å². The minimum atomic E-state index is -2.62. The summed E-state index contributed by atoms with van der Waals surface area (Å²) >= 11 is 0. The van der Waals surface area contributed by atoms with Crippen molar-refractivity contribution in [3.8, 4) is 0 Å². The molecule has 1 aliphatic rings. The maximum absolute atomic E-state index is 12.3. The summed E-state index contributed by atoms with van der Waals surface area (Å²) in [4.78, 5) is 0.175. The Balaban J connectivity index is 2.34. The van der Waals surface area contributed by atoms with Crippen molar-refractivity contribution in [3.63, 3.8) is 0 Å². The van der Waals surface area contributed by atoms with Crippen molar-refractivity contribution in [1.82, 2.24) is 0 Å². The molecule has 1 aromatic carbocycles. The molecule has 20 heavy (non-hydrogen) atoms. The summed E-state index contributed by atoms with van der Waals surface area (Å²) in [5.41, 5.74) is 0. The van der Waals surface area contributed by atoms with Gasteiger partial charge in [-0.3, -0.25) is 0 Å². The number of ether oxygens (including phenoxy) is 1. The van der Waals surface area contributed by atoms with Crippen molar-refractivity contribution in [2.75, 3.05) is 6.61 Å². The Morgan fingerprint density at radius 2 is 1.75 bits per heavy atom. The fourth-order valence-electron chi connectivity index (χ4n) is 1.99. The Kier molecular flexibility index (Phi) is 4.55. The Bertz CT molecular complexity index is 480. The predicted octanol–water partition coefficient (Wildman–Crippen LogP) is -2.09. The molecule has 0 saturated carbocycles. The van der Waals surface area contributed by atoms with Crippen LogP contribution in [0.3, 0.4) is 0 Å². The zero-order valence-electron chi connectivity index (χ0n) is 10.4. The molecule has 1 aromatic rings. The highest BCUT2D eigenvalue weighted by Gasteiger charge is 2.56. The molecular weight excluding hydrogens is 288 g/mol. The molecule has 2 rings (SSSR count). The van der Waals surface area contributed by atoms with Crippen LogP contribution in [0.1, 0.15) is 0 Å². The lowest BCUT2D eigenvalue weighted by molar-refractivity contribution is -0.307. The minimum absolute atomic E-state index is 0.175. The number of rotatable bonds is 3. The van der Waals surface area contributed by atoms with E-state index in [2.05, 4.69) is 0 Å². The van der Waals surface area contributed by atoms with E-state index in [1.165, 1.54) is 12.1 Å². The maximum atomic E-state index is 12.3. The lowest BCUT2D eigenvalue weighted by Crippen LogP contribution is -2.66. The molecule has 1 aliphatic heterocycles. The molecule has 0 aliphatic carbocycles. The Morgan fingerprint density at radius 1 is 1.15 bits per heavy atom. The average Bonchev–Trinajstić information content (AvgIpc) is 2.49. The van der Waals surface area contributed by atoms with E-state index in [4.69, 9.17) is 9.84 Å². The van der Waals surface area contributed by atoms with Crippen LogP contribution in [0, 0.1) is 0 Å². The van der Waals surface area contributed by atoms with Gasteiger partial charge in [0.1, 0.15) is 35.2 Å². The zero-order chi connectivity index (χ0) is 14.9. The van der Waals surface area contributed by atoms with E-state index in [9.17, 15) is 24.6 Å². The van der Waals surface area contributed by atoms with E-state index < -0.39 is 46.9 Å². The van der Waals surface area contributed by atoms with Gasteiger partial charge in [-0.05, 0) is 12.1 Å². The molecule has 5 N–H and O–H groups in total. The van der Waals surface area contributed by atoms with E-state index in [1.54, 1.807) is 18.2 Å². The Hall–Kier alpha value is -0.870. The lowest BCUT2D eigenvalue weighted by atomic mass is 9.99. The normalized spacial score (nSPS) is 39.5. The largest absolute Gasteiger partial charge is 0.394 e. The van der Waals surface area contributed by atoms with Crippen molar-refractivity contribution >= 4 is 10.8 Å². The number of aliphatic hydroxyl groups excluding tert-OH is 4. The molecular formula is C12H16O7S. The summed E-state index contributed by atoms with van der Waals surface area (Å²) in [6.07, 6.45) is -6.73. The first-order valence-corrected chi connectivity index (χ1v) is 7.09. The van der Waals surface area contributed by atoms with Crippen LogP contribution in [0.5, 0.6) is 0 Å². The van der Waals surface area contributed by atoms with E-state index in [0.717, 1.165) is 0 Å². The van der Waals surface area contributed by atoms with Gasteiger partial charge in [-0.25, -0.2) is 4.21 Å². The summed E-state index contributed by atoms with van der Waals surface area (Å²) in [6, 6.07) is 7.75. The van der Waals surface area contributed by atoms with Gasteiger partial charge in [-0.1, -0.05) is 18.2 Å². The van der Waals surface area contributed by atoms with Crippen LogP contribution in [0.25, 0.3) is 0 Å². The third-order valence-corrected chi connectivity index (χ3v) is 4.72. The van der Waals surface area contributed by atoms with E-state index in [-0.39, 0.29) is 4.90 Å². The summed E-state index contributed by atoms with van der Waals surface area (Å²) in [6.45, 7) is -0.709. The van der Waals surface area contributed by atoms with Crippen LogP contribution in [0.4, 0.5) is 0 Å². The molecule has 7 nitrogen and oxygen atoms in total. The number of aliphatic hydroxyl groups is 5. The van der Waals surface area contributed by atoms with E-state index in [1.807, 2.05) is 0 Å². The second-order valence-corrected chi connectivity index (χ2v) is 6.07. The predicted molar refractivity (Wildman–Crippen MR) is 67.8 cm³/mol. The summed E-state index contributed by atoms with van der Waals surface area (Å²) in [5.74, 6) is 0. The van der Waals surface area contributed by atoms with Crippen LogP contribution in [0.2, 0.25) is 0 Å². The second kappa shape index (κ2) is 5.86. The van der Waals surface area contributed by atoms with Crippen LogP contribution in [-0.2, 0) is 15.5 Å². The molecule has 0 spiro atoms. The van der Waals surface area contributed by atoms with Gasteiger partial charge in [0.25, 0.3) is 5.12 Å². The topological polar surface area (TPSA) is 127 Å². The van der Waals surface area contributed by atoms with Crippen molar-refractivity contribution < 1.29 is 34.5 Å². The van der Waals surface area contributed by atoms with Gasteiger partial charge in [0.2, 0.25) is 0 Å². The SMILES string of the molecule is O=S(c1ccccc1)C1(O)O[C@@H](CO)[C@@H](O)[C@@H](O)[C@@H]1O. The highest BCUT2D eigenvalue weighted by molar-refractivity contribution is 7.86. The van der Waals surface area contributed by atoms with Gasteiger partial charge in [0.15, 0.2) is 0 Å². The first-order valence-electron chi connectivity index (χ1n) is 5.94. The third kappa shape index (κ3) is 2.51. The molecule has 2 unspecified atom stereocenters. The molecule has 0 amide bonds. The maximum Gasteiger partial charge on any atom is 0.279 e. The molecule has 0 bridgehead atoms. The quantitative estimate of drug-likeness (QED) is 0.433. The van der Waals surface area contributed by atoms with E-state index in [0.29, 0.717) is 0 Å². The summed E-state index contributed by atoms with van der Waals surface area (Å²) in [5, 5.41) is 45.9. The molecule has 1 fully saturated rings. The van der Waals surface area contributed by atoms with Gasteiger partial charge in [0, 0.05) is 4.90 Å². The zero-order valence-corrected chi connectivity index (χ0v) is 11.2. The van der Waals surface area contributed by atoms with Crippen molar-refractivity contribution in [2.24, 2.45) is 0 Å². The van der Waals surface area contributed by atoms with Crippen LogP contribution in [0.15, 0.2) is 35.2 Å². The fourth-order valence-corrected chi connectivity index (χ4v) is 3.30. The molecule has 1 saturated heterocycles. The van der Waals surface area contributed by atoms with Gasteiger partial charge >= 0.3 is 0 Å². The standard InChI is InChI=1S/C12H16O7S/c13-6-8-9(14)10(15)11(16)12(17,19-8)20(18)7-4-2-1-3-5-7/h1-5,8-11,13-17H,6H2/t8-,9+,10+,11-,12?,20?/m0/s1. The van der Waals surface area contributed by atoms with Crippen LogP contribution in [-0.4, -0.2) is 65.9 Å². The second-order valence-electron chi connectivity index (χ2n) is 4.48. The number of hydrogen-bond acceptors (Lipinski definition) is 7. The van der Waals surface area contributed by atoms with Crippen molar-refractivity contribution in [2.45, 2.75) is 34.4 Å². The van der Waals surface area contributed by atoms with Gasteiger partial charge in [0.05, 0.1) is 6.61 Å². The lowest BCUT2D eigenvalue weighted by Gasteiger charge is -2.44. The van der Waals surface area contributed by atoms with Gasteiger partial charge < -0.3 is 30.3 Å². The highest BCUT2D eigenvalue weighted by atomic mass is 32.2. The highest BCUT2D eigenvalue weighted by Crippen LogP contribution is 2.33. The fraction of sp³-hybridized carbons (Fsp3) is 0.500. The van der Waals surface area contributed by atoms with Crippen LogP contribution < -0.4 is 0 Å². The Labute approximate surface area is 117 Å². The molecule has 8 heteroatoms. The molecule has 0 aromatic heterocycles. The average molecular weight is 304 g/mol. The third-order valence-electron chi connectivity index (χ3n) is 3.15. The number of hydrogen-bond donors (Lipinski definition) is 5. The monoisotopic (exact) mass is 304 g/mol. The summed E-state index contributed by atoms with van der Waals surface area (Å²) in [7, 11) is -2.22. The van der Waals surface area contributed by atoms with E-state index >= 15 is 0 Å². The molecule has 112 valence electrons. The van der Waals surface area contributed by atoms with Crippen molar-refractivity contribution in [1.29, 1.82) is 0 Å². The summed E-state index contributed by atoms with van der Waals surface area (Å²) < 4.78 is 17.3. The molecule has 6 atom stereocenters. The number of benzene rings is 1. The van der Waals surface area contributed by atoms with Crippen molar-refractivity contribution in [3.05, 3.63) is 30.3 Å². The van der Waals surface area contributed by atoms with Gasteiger partial charge in [-0.2, -0.15) is 0 Å². The first kappa shape index (κ1) is 15.5. The first-order chi connectivity index (χ1) is 9.41. The molecule has 0 radical (unpaired) electrons. The van der Waals surface area contributed by atoms with Gasteiger partial charge in [-0.15, -0.1) is 0 Å². The molecule has 1 heterocycles. The Morgan fingerprint density at radius 3 is 2.30 bits per heavy atom.